The zero-order valence-corrected chi connectivity index (χ0v) is 13.4. The summed E-state index contributed by atoms with van der Waals surface area (Å²) in [5, 5.41) is 0. The Morgan fingerprint density at radius 3 is 2.35 bits per heavy atom. The molecule has 1 saturated heterocycles. The van der Waals surface area contributed by atoms with Crippen LogP contribution < -0.4 is 0 Å². The monoisotopic (exact) mass is 277 g/mol. The van der Waals surface area contributed by atoms with Crippen molar-refractivity contribution in [2.24, 2.45) is 0 Å². The number of likely N-dealkylation sites (tertiary alicyclic amines) is 1. The van der Waals surface area contributed by atoms with E-state index < -0.39 is 0 Å². The molecule has 0 saturated carbocycles. The van der Waals surface area contributed by atoms with Gasteiger partial charge >= 0.3 is 0 Å². The summed E-state index contributed by atoms with van der Waals surface area (Å²) in [7, 11) is 0. The predicted molar refractivity (Wildman–Crippen MR) is 84.9 cm³/mol. The molecule has 2 heteroatoms. The smallest absolute Gasteiger partial charge is 0.178 e. The van der Waals surface area contributed by atoms with Crippen molar-refractivity contribution in [3.8, 4) is 0 Å². The van der Waals surface area contributed by atoms with Crippen LogP contribution in [0.15, 0.2) is 11.6 Å². The standard InChI is InChI=1S/C18H31NO/c1-3-18(4-2,19-14-10-11-15-19)17(20)16-12-8-6-5-7-9-13-16/h12H,3-11,13-15H2,1-2H3. The van der Waals surface area contributed by atoms with Crippen molar-refractivity contribution in [1.82, 2.24) is 4.90 Å². The average molecular weight is 277 g/mol. The van der Waals surface area contributed by atoms with E-state index in [0.29, 0.717) is 5.78 Å². The molecule has 2 rings (SSSR count). The summed E-state index contributed by atoms with van der Waals surface area (Å²) in [5.74, 6) is 0.450. The second-order valence-electron chi connectivity index (χ2n) is 6.44. The number of nitrogens with zero attached hydrogens (tertiary/aromatic N) is 1. The minimum absolute atomic E-state index is 0.207. The van der Waals surface area contributed by atoms with Gasteiger partial charge in [0, 0.05) is 0 Å². The maximum absolute atomic E-state index is 13.2. The largest absolute Gasteiger partial charge is 0.292 e. The number of ketones is 1. The van der Waals surface area contributed by atoms with E-state index in [9.17, 15) is 4.79 Å². The van der Waals surface area contributed by atoms with Gasteiger partial charge in [0.1, 0.15) is 0 Å². The first-order valence-electron chi connectivity index (χ1n) is 8.73. The van der Waals surface area contributed by atoms with Gasteiger partial charge in [0.25, 0.3) is 0 Å². The highest BCUT2D eigenvalue weighted by Crippen LogP contribution is 2.33. The molecule has 0 spiro atoms. The molecule has 0 N–H and O–H groups in total. The van der Waals surface area contributed by atoms with Crippen LogP contribution in [-0.4, -0.2) is 29.3 Å². The summed E-state index contributed by atoms with van der Waals surface area (Å²) in [6.45, 7) is 6.62. The summed E-state index contributed by atoms with van der Waals surface area (Å²) in [6.07, 6.45) is 13.9. The molecule has 0 aromatic rings. The quantitative estimate of drug-likeness (QED) is 0.738. The van der Waals surface area contributed by atoms with Crippen molar-refractivity contribution in [3.63, 3.8) is 0 Å². The second kappa shape index (κ2) is 7.40. The molecular formula is C18H31NO. The molecule has 0 aromatic carbocycles. The van der Waals surface area contributed by atoms with E-state index in [0.717, 1.165) is 44.3 Å². The number of carbonyl (C=O) groups excluding carboxylic acids is 1. The number of hydrogen-bond acceptors (Lipinski definition) is 2. The Hall–Kier alpha value is -0.630. The van der Waals surface area contributed by atoms with Crippen molar-refractivity contribution in [2.75, 3.05) is 13.1 Å². The van der Waals surface area contributed by atoms with Gasteiger partial charge in [0.15, 0.2) is 5.78 Å². The topological polar surface area (TPSA) is 20.3 Å². The van der Waals surface area contributed by atoms with Gasteiger partial charge in [0.2, 0.25) is 0 Å². The predicted octanol–water partition coefficient (Wildman–Crippen LogP) is 4.49. The Morgan fingerprint density at radius 1 is 1.05 bits per heavy atom. The molecule has 0 radical (unpaired) electrons. The summed E-state index contributed by atoms with van der Waals surface area (Å²) >= 11 is 0. The van der Waals surface area contributed by atoms with Gasteiger partial charge in [0.05, 0.1) is 5.54 Å². The first kappa shape index (κ1) is 15.8. The summed E-state index contributed by atoms with van der Waals surface area (Å²) in [4.78, 5) is 15.7. The van der Waals surface area contributed by atoms with Crippen LogP contribution in [0.4, 0.5) is 0 Å². The van der Waals surface area contributed by atoms with Crippen LogP contribution in [0.3, 0.4) is 0 Å². The maximum Gasteiger partial charge on any atom is 0.178 e. The zero-order chi connectivity index (χ0) is 14.4. The summed E-state index contributed by atoms with van der Waals surface area (Å²) < 4.78 is 0. The highest BCUT2D eigenvalue weighted by Gasteiger charge is 2.42. The third-order valence-corrected chi connectivity index (χ3v) is 5.39. The molecule has 0 bridgehead atoms. The van der Waals surface area contributed by atoms with Crippen LogP contribution in [0.5, 0.6) is 0 Å². The molecule has 0 aromatic heterocycles. The van der Waals surface area contributed by atoms with Gasteiger partial charge in [-0.2, -0.15) is 0 Å². The first-order valence-corrected chi connectivity index (χ1v) is 8.73. The van der Waals surface area contributed by atoms with Crippen LogP contribution >= 0.6 is 0 Å². The Bertz CT molecular complexity index is 348. The minimum atomic E-state index is -0.207. The fourth-order valence-electron chi connectivity index (χ4n) is 4.00. The lowest BCUT2D eigenvalue weighted by atomic mass is 9.80. The second-order valence-corrected chi connectivity index (χ2v) is 6.44. The van der Waals surface area contributed by atoms with E-state index in [-0.39, 0.29) is 5.54 Å². The fraction of sp³-hybridized carbons (Fsp3) is 0.833. The van der Waals surface area contributed by atoms with E-state index in [1.54, 1.807) is 0 Å². The molecule has 114 valence electrons. The van der Waals surface area contributed by atoms with Crippen molar-refractivity contribution in [3.05, 3.63) is 11.6 Å². The molecule has 2 nitrogen and oxygen atoms in total. The van der Waals surface area contributed by atoms with Crippen LogP contribution in [0.25, 0.3) is 0 Å². The normalized spacial score (nSPS) is 22.2. The third kappa shape index (κ3) is 3.16. The van der Waals surface area contributed by atoms with Crippen LogP contribution in [0, 0.1) is 0 Å². The zero-order valence-electron chi connectivity index (χ0n) is 13.4. The van der Waals surface area contributed by atoms with Gasteiger partial charge in [-0.05, 0) is 70.0 Å². The first-order chi connectivity index (χ1) is 9.74. The molecule has 0 atom stereocenters. The number of hydrogen-bond donors (Lipinski definition) is 0. The minimum Gasteiger partial charge on any atom is -0.292 e. The summed E-state index contributed by atoms with van der Waals surface area (Å²) in [6, 6.07) is 0. The lowest BCUT2D eigenvalue weighted by Gasteiger charge is -2.40. The Kier molecular flexibility index (Phi) is 5.83. The number of Topliss-reactive ketones (excluding diaryl/α,β-unsaturated/α-hetero) is 1. The maximum atomic E-state index is 13.2. The van der Waals surface area contributed by atoms with Gasteiger partial charge in [-0.3, -0.25) is 9.69 Å². The highest BCUT2D eigenvalue weighted by atomic mass is 16.1. The van der Waals surface area contributed by atoms with Gasteiger partial charge in [-0.1, -0.05) is 32.8 Å². The molecule has 20 heavy (non-hydrogen) atoms. The van der Waals surface area contributed by atoms with Crippen molar-refractivity contribution >= 4 is 5.78 Å². The van der Waals surface area contributed by atoms with Crippen LogP contribution in [0.2, 0.25) is 0 Å². The Morgan fingerprint density at radius 2 is 1.70 bits per heavy atom. The lowest BCUT2D eigenvalue weighted by Crippen LogP contribution is -2.53. The van der Waals surface area contributed by atoms with Crippen LogP contribution in [0.1, 0.15) is 78.1 Å². The number of carbonyl (C=O) groups is 1. The molecule has 1 heterocycles. The number of rotatable bonds is 5. The summed E-state index contributed by atoms with van der Waals surface area (Å²) in [5.41, 5.74) is 0.932. The van der Waals surface area contributed by atoms with E-state index in [1.165, 1.54) is 38.5 Å². The van der Waals surface area contributed by atoms with Gasteiger partial charge in [-0.25, -0.2) is 0 Å². The van der Waals surface area contributed by atoms with Gasteiger partial charge < -0.3 is 0 Å². The Balaban J connectivity index is 2.20. The van der Waals surface area contributed by atoms with E-state index >= 15 is 0 Å². The molecule has 1 aliphatic carbocycles. The Labute approximate surface area is 124 Å². The van der Waals surface area contributed by atoms with E-state index in [4.69, 9.17) is 0 Å². The highest BCUT2D eigenvalue weighted by molar-refractivity contribution is 6.02. The van der Waals surface area contributed by atoms with E-state index in [2.05, 4.69) is 24.8 Å². The average Bonchev–Trinajstić information content (AvgIpc) is 2.95. The molecule has 2 aliphatic rings. The molecule has 1 aliphatic heterocycles. The van der Waals surface area contributed by atoms with E-state index in [1.807, 2.05) is 0 Å². The van der Waals surface area contributed by atoms with Crippen molar-refractivity contribution in [2.45, 2.75) is 83.6 Å². The third-order valence-electron chi connectivity index (χ3n) is 5.39. The number of allylic oxidation sites excluding steroid dienone is 1. The molecule has 0 unspecified atom stereocenters. The van der Waals surface area contributed by atoms with Gasteiger partial charge in [-0.15, -0.1) is 0 Å². The fourth-order valence-corrected chi connectivity index (χ4v) is 4.00. The SMILES string of the molecule is CCC(CC)(C(=O)C1=CCCCCCC1)N1CCCC1. The van der Waals surface area contributed by atoms with Crippen molar-refractivity contribution < 1.29 is 4.79 Å². The molecule has 0 amide bonds. The van der Waals surface area contributed by atoms with Crippen molar-refractivity contribution in [1.29, 1.82) is 0 Å². The molecular weight excluding hydrogens is 246 g/mol. The molecule has 1 fully saturated rings. The lowest BCUT2D eigenvalue weighted by molar-refractivity contribution is -0.127. The van der Waals surface area contributed by atoms with Crippen LogP contribution in [-0.2, 0) is 4.79 Å².